The van der Waals surface area contributed by atoms with Crippen molar-refractivity contribution in [2.24, 2.45) is 0 Å². The van der Waals surface area contributed by atoms with Crippen molar-refractivity contribution in [2.75, 3.05) is 11.4 Å². The SMILES string of the molecule is CCN(c1cncc(-c2ccc3[nH]c(=O)oc3c2)c1)c1ccccc1O. The lowest BCUT2D eigenvalue weighted by Crippen LogP contribution is -2.16. The van der Waals surface area contributed by atoms with E-state index in [1.54, 1.807) is 24.5 Å². The molecule has 0 spiro atoms. The summed E-state index contributed by atoms with van der Waals surface area (Å²) < 4.78 is 5.14. The number of benzene rings is 2. The monoisotopic (exact) mass is 347 g/mol. The number of H-pyrrole nitrogens is 1. The van der Waals surface area contributed by atoms with E-state index in [0.717, 1.165) is 22.5 Å². The molecule has 2 heterocycles. The molecule has 0 bridgehead atoms. The molecule has 4 rings (SSSR count). The van der Waals surface area contributed by atoms with Crippen molar-refractivity contribution in [1.82, 2.24) is 9.97 Å². The molecule has 26 heavy (non-hydrogen) atoms. The molecular weight excluding hydrogens is 330 g/mol. The number of pyridine rings is 1. The second-order valence-electron chi connectivity index (χ2n) is 5.89. The Morgan fingerprint density at radius 1 is 1.12 bits per heavy atom. The number of hydrogen-bond acceptors (Lipinski definition) is 5. The van der Waals surface area contributed by atoms with E-state index in [9.17, 15) is 9.90 Å². The third-order valence-electron chi connectivity index (χ3n) is 4.28. The van der Waals surface area contributed by atoms with Crippen molar-refractivity contribution in [3.05, 3.63) is 71.5 Å². The highest BCUT2D eigenvalue weighted by atomic mass is 16.4. The molecule has 0 aliphatic carbocycles. The summed E-state index contributed by atoms with van der Waals surface area (Å²) in [6, 6.07) is 14.7. The summed E-state index contributed by atoms with van der Waals surface area (Å²) >= 11 is 0. The van der Waals surface area contributed by atoms with Crippen LogP contribution in [-0.2, 0) is 0 Å². The maximum Gasteiger partial charge on any atom is 0.417 e. The van der Waals surface area contributed by atoms with Gasteiger partial charge in [0.15, 0.2) is 5.58 Å². The van der Waals surface area contributed by atoms with Crippen LogP contribution in [0.15, 0.2) is 70.1 Å². The number of nitrogens with one attached hydrogen (secondary N) is 1. The highest BCUT2D eigenvalue weighted by molar-refractivity contribution is 5.81. The summed E-state index contributed by atoms with van der Waals surface area (Å²) in [6.07, 6.45) is 3.52. The number of oxazole rings is 1. The highest BCUT2D eigenvalue weighted by Gasteiger charge is 2.13. The molecule has 0 aliphatic heterocycles. The molecule has 2 aromatic heterocycles. The van der Waals surface area contributed by atoms with E-state index < -0.39 is 5.76 Å². The lowest BCUT2D eigenvalue weighted by atomic mass is 10.1. The Kier molecular flexibility index (Phi) is 3.93. The Balaban J connectivity index is 1.77. The van der Waals surface area contributed by atoms with Crippen molar-refractivity contribution in [3.8, 4) is 16.9 Å². The fourth-order valence-electron chi connectivity index (χ4n) is 3.04. The van der Waals surface area contributed by atoms with Crippen molar-refractivity contribution >= 4 is 22.5 Å². The number of aromatic nitrogens is 2. The van der Waals surface area contributed by atoms with Crippen LogP contribution in [-0.4, -0.2) is 21.6 Å². The van der Waals surface area contributed by atoms with E-state index in [1.165, 1.54) is 0 Å². The van der Waals surface area contributed by atoms with Crippen molar-refractivity contribution in [1.29, 1.82) is 0 Å². The van der Waals surface area contributed by atoms with Gasteiger partial charge in [-0.05, 0) is 42.8 Å². The number of rotatable bonds is 4. The number of nitrogens with zero attached hydrogens (tertiary/aromatic N) is 2. The number of hydrogen-bond donors (Lipinski definition) is 2. The molecule has 6 nitrogen and oxygen atoms in total. The van der Waals surface area contributed by atoms with Gasteiger partial charge in [0.2, 0.25) is 0 Å². The maximum atomic E-state index is 11.3. The van der Waals surface area contributed by atoms with Gasteiger partial charge in [-0.3, -0.25) is 9.97 Å². The van der Waals surface area contributed by atoms with Gasteiger partial charge in [0.1, 0.15) is 5.75 Å². The van der Waals surface area contributed by atoms with Crippen LogP contribution in [0.2, 0.25) is 0 Å². The van der Waals surface area contributed by atoms with Gasteiger partial charge in [0.25, 0.3) is 0 Å². The first-order chi connectivity index (χ1) is 12.7. The topological polar surface area (TPSA) is 82.4 Å². The quantitative estimate of drug-likeness (QED) is 0.582. The zero-order chi connectivity index (χ0) is 18.1. The molecule has 0 radical (unpaired) electrons. The third-order valence-corrected chi connectivity index (χ3v) is 4.28. The summed E-state index contributed by atoms with van der Waals surface area (Å²) in [4.78, 5) is 20.3. The van der Waals surface area contributed by atoms with E-state index in [0.29, 0.717) is 17.6 Å². The first-order valence-corrected chi connectivity index (χ1v) is 8.29. The zero-order valence-electron chi connectivity index (χ0n) is 14.1. The largest absolute Gasteiger partial charge is 0.506 e. The number of phenols is 1. The molecule has 0 unspecified atom stereocenters. The van der Waals surface area contributed by atoms with Crippen LogP contribution < -0.4 is 10.7 Å². The first-order valence-electron chi connectivity index (χ1n) is 8.29. The molecule has 0 atom stereocenters. The van der Waals surface area contributed by atoms with Gasteiger partial charge in [-0.25, -0.2) is 4.79 Å². The van der Waals surface area contributed by atoms with Crippen molar-refractivity contribution in [2.45, 2.75) is 6.92 Å². The minimum absolute atomic E-state index is 0.218. The van der Waals surface area contributed by atoms with Crippen LogP contribution >= 0.6 is 0 Å². The molecule has 4 aromatic rings. The van der Waals surface area contributed by atoms with Gasteiger partial charge in [0.05, 0.1) is 23.1 Å². The minimum atomic E-state index is -0.472. The average molecular weight is 347 g/mol. The fourth-order valence-corrected chi connectivity index (χ4v) is 3.04. The van der Waals surface area contributed by atoms with E-state index >= 15 is 0 Å². The van der Waals surface area contributed by atoms with E-state index in [1.807, 2.05) is 48.2 Å². The summed E-state index contributed by atoms with van der Waals surface area (Å²) in [5, 5.41) is 10.2. The second kappa shape index (κ2) is 6.40. The summed E-state index contributed by atoms with van der Waals surface area (Å²) in [5.74, 6) is -0.254. The van der Waals surface area contributed by atoms with Crippen molar-refractivity contribution < 1.29 is 9.52 Å². The molecule has 0 saturated heterocycles. The number of phenolic OH excluding ortho intramolecular Hbond substituents is 1. The predicted octanol–water partition coefficient (Wildman–Crippen LogP) is 4.05. The fraction of sp³-hybridized carbons (Fsp3) is 0.100. The van der Waals surface area contributed by atoms with Crippen LogP contribution in [0.3, 0.4) is 0 Å². The van der Waals surface area contributed by atoms with Crippen molar-refractivity contribution in [3.63, 3.8) is 0 Å². The van der Waals surface area contributed by atoms with Gasteiger partial charge >= 0.3 is 5.76 Å². The number of fused-ring (bicyclic) bond motifs is 1. The first kappa shape index (κ1) is 16.0. The van der Waals surface area contributed by atoms with Gasteiger partial charge in [-0.1, -0.05) is 18.2 Å². The zero-order valence-corrected chi connectivity index (χ0v) is 14.1. The summed E-state index contributed by atoms with van der Waals surface area (Å²) in [5.41, 5.74) is 4.53. The second-order valence-corrected chi connectivity index (χ2v) is 5.89. The standard InChI is InChI=1S/C20H17N3O3/c1-2-23(17-5-3-4-6-18(17)24)15-9-14(11-21-12-15)13-7-8-16-19(10-13)26-20(25)22-16/h3-12,24H,2H2,1H3,(H,22,25). The van der Waals surface area contributed by atoms with E-state index in [-0.39, 0.29) is 5.75 Å². The number of para-hydroxylation sites is 2. The van der Waals surface area contributed by atoms with E-state index in [2.05, 4.69) is 9.97 Å². The molecule has 2 aromatic carbocycles. The Morgan fingerprint density at radius 2 is 1.96 bits per heavy atom. The number of aromatic hydroxyl groups is 1. The lowest BCUT2D eigenvalue weighted by molar-refractivity contribution is 0.475. The number of anilines is 2. The van der Waals surface area contributed by atoms with Crippen LogP contribution in [0, 0.1) is 0 Å². The van der Waals surface area contributed by atoms with Crippen LogP contribution in [0.5, 0.6) is 5.75 Å². The minimum Gasteiger partial charge on any atom is -0.506 e. The molecule has 2 N–H and O–H groups in total. The molecule has 0 amide bonds. The Labute approximate surface area is 149 Å². The summed E-state index contributed by atoms with van der Waals surface area (Å²) in [7, 11) is 0. The normalized spacial score (nSPS) is 11.0. The van der Waals surface area contributed by atoms with Gasteiger partial charge in [-0.15, -0.1) is 0 Å². The van der Waals surface area contributed by atoms with Gasteiger partial charge in [0, 0.05) is 18.3 Å². The highest BCUT2D eigenvalue weighted by Crippen LogP contribution is 2.34. The summed E-state index contributed by atoms with van der Waals surface area (Å²) in [6.45, 7) is 2.69. The molecule has 0 fully saturated rings. The Hall–Kier alpha value is -3.54. The lowest BCUT2D eigenvalue weighted by Gasteiger charge is -2.24. The van der Waals surface area contributed by atoms with Gasteiger partial charge < -0.3 is 14.4 Å². The Bertz CT molecular complexity index is 1130. The number of aromatic amines is 1. The molecular formula is C20H17N3O3. The maximum absolute atomic E-state index is 11.3. The van der Waals surface area contributed by atoms with Crippen LogP contribution in [0.1, 0.15) is 6.92 Å². The smallest absolute Gasteiger partial charge is 0.417 e. The molecule has 130 valence electrons. The van der Waals surface area contributed by atoms with E-state index in [4.69, 9.17) is 4.42 Å². The molecule has 6 heteroatoms. The predicted molar refractivity (Wildman–Crippen MR) is 101 cm³/mol. The van der Waals surface area contributed by atoms with Gasteiger partial charge in [-0.2, -0.15) is 0 Å². The third kappa shape index (κ3) is 2.82. The van der Waals surface area contributed by atoms with Crippen LogP contribution in [0.4, 0.5) is 11.4 Å². The van der Waals surface area contributed by atoms with Crippen LogP contribution in [0.25, 0.3) is 22.2 Å². The average Bonchev–Trinajstić information content (AvgIpc) is 3.03. The molecule has 0 aliphatic rings. The molecule has 0 saturated carbocycles. The Morgan fingerprint density at radius 3 is 2.77 bits per heavy atom.